The molecule has 1 rings (SSSR count). The topological polar surface area (TPSA) is 58.6 Å². The van der Waals surface area contributed by atoms with Crippen molar-refractivity contribution >= 4 is 19.0 Å². The number of thiol groups is 1. The van der Waals surface area contributed by atoms with Gasteiger partial charge in [0.1, 0.15) is 0 Å². The van der Waals surface area contributed by atoms with E-state index >= 15 is 0 Å². The molecule has 0 saturated heterocycles. The molecule has 0 heterocycles. The van der Waals surface area contributed by atoms with Gasteiger partial charge in [0.05, 0.1) is 6.61 Å². The van der Waals surface area contributed by atoms with E-state index in [2.05, 4.69) is 24.5 Å². The number of hydrogen-bond acceptors (Lipinski definition) is 3. The van der Waals surface area contributed by atoms with E-state index in [4.69, 9.17) is 9.42 Å². The summed E-state index contributed by atoms with van der Waals surface area (Å²) in [6, 6.07) is 0.501. The van der Waals surface area contributed by atoms with Crippen LogP contribution in [0.3, 0.4) is 0 Å². The second kappa shape index (κ2) is 4.99. The van der Waals surface area contributed by atoms with E-state index in [-0.39, 0.29) is 0 Å². The lowest BCUT2D eigenvalue weighted by atomic mass is 10.1. The summed E-state index contributed by atoms with van der Waals surface area (Å²) in [5, 5.41) is 3.23. The van der Waals surface area contributed by atoms with Crippen LogP contribution in [0.1, 0.15) is 19.8 Å². The zero-order chi connectivity index (χ0) is 10.8. The minimum atomic E-state index is -3.59. The van der Waals surface area contributed by atoms with Gasteiger partial charge < -0.3 is 14.7 Å². The molecule has 0 spiro atoms. The molecule has 0 bridgehead atoms. The SMILES string of the molecule is CN[C@@H]1C[C@H](COP(=O)(O)S)C[C@@H]1C. The molecule has 1 fully saturated rings. The van der Waals surface area contributed by atoms with Crippen LogP contribution in [0.5, 0.6) is 0 Å². The van der Waals surface area contributed by atoms with E-state index in [1.54, 1.807) is 0 Å². The average Bonchev–Trinajstić information content (AvgIpc) is 2.42. The third kappa shape index (κ3) is 3.91. The van der Waals surface area contributed by atoms with Crippen LogP contribution in [0, 0.1) is 11.8 Å². The molecule has 14 heavy (non-hydrogen) atoms. The van der Waals surface area contributed by atoms with Gasteiger partial charge in [-0.3, -0.25) is 0 Å². The maximum Gasteiger partial charge on any atom is 0.383 e. The standard InChI is InChI=1S/C8H18NO3PS/c1-6-3-7(4-8(6)9-2)5-12-13(10,11)14/h6-9H,3-5H2,1-2H3,(H2,10,11,14)/t6-,7+,8+/m0/s1. The van der Waals surface area contributed by atoms with Crippen LogP contribution in [0.2, 0.25) is 0 Å². The number of hydrogen-bond donors (Lipinski definition) is 3. The van der Waals surface area contributed by atoms with E-state index in [0.717, 1.165) is 12.8 Å². The highest BCUT2D eigenvalue weighted by Crippen LogP contribution is 2.48. The van der Waals surface area contributed by atoms with E-state index in [0.29, 0.717) is 24.5 Å². The van der Waals surface area contributed by atoms with Gasteiger partial charge in [-0.05, 0) is 31.7 Å². The van der Waals surface area contributed by atoms with Gasteiger partial charge in [-0.25, -0.2) is 4.57 Å². The molecular weight excluding hydrogens is 221 g/mol. The van der Waals surface area contributed by atoms with Crippen LogP contribution >= 0.6 is 19.0 Å². The lowest BCUT2D eigenvalue weighted by molar-refractivity contribution is 0.226. The Hall–Kier alpha value is 0.460. The summed E-state index contributed by atoms with van der Waals surface area (Å²) in [7, 11) is 1.94. The summed E-state index contributed by atoms with van der Waals surface area (Å²) >= 11 is 3.47. The smallest absolute Gasteiger partial charge is 0.317 e. The summed E-state index contributed by atoms with van der Waals surface area (Å²) in [5.74, 6) is 0.974. The van der Waals surface area contributed by atoms with Gasteiger partial charge in [-0.15, -0.1) is 0 Å². The number of nitrogens with one attached hydrogen (secondary N) is 1. The molecular formula is C8H18NO3PS. The Kier molecular flexibility index (Phi) is 4.47. The molecule has 1 saturated carbocycles. The summed E-state index contributed by atoms with van der Waals surface area (Å²) < 4.78 is 15.6. The van der Waals surface area contributed by atoms with Crippen molar-refractivity contribution in [1.29, 1.82) is 0 Å². The van der Waals surface area contributed by atoms with Gasteiger partial charge in [0, 0.05) is 6.04 Å². The van der Waals surface area contributed by atoms with Crippen molar-refractivity contribution < 1.29 is 14.0 Å². The predicted molar refractivity (Wildman–Crippen MR) is 59.5 cm³/mol. The van der Waals surface area contributed by atoms with Crippen molar-refractivity contribution in [3.63, 3.8) is 0 Å². The van der Waals surface area contributed by atoms with E-state index in [1.807, 2.05) is 7.05 Å². The van der Waals surface area contributed by atoms with Gasteiger partial charge in [-0.2, -0.15) is 0 Å². The van der Waals surface area contributed by atoms with Gasteiger partial charge in [0.2, 0.25) is 0 Å². The molecule has 2 N–H and O–H groups in total. The second-order valence-corrected chi connectivity index (χ2v) is 6.75. The fraction of sp³-hybridized carbons (Fsp3) is 1.00. The molecule has 0 amide bonds. The van der Waals surface area contributed by atoms with Crippen LogP contribution in [0.4, 0.5) is 0 Å². The van der Waals surface area contributed by atoms with Gasteiger partial charge in [0.25, 0.3) is 0 Å². The summed E-state index contributed by atoms with van der Waals surface area (Å²) in [6.45, 7) is -1.08. The fourth-order valence-electron chi connectivity index (χ4n) is 2.12. The molecule has 6 heteroatoms. The molecule has 0 aromatic rings. The highest BCUT2D eigenvalue weighted by atomic mass is 32.7. The average molecular weight is 239 g/mol. The van der Waals surface area contributed by atoms with Crippen LogP contribution < -0.4 is 5.32 Å². The first-order chi connectivity index (χ1) is 6.42. The summed E-state index contributed by atoms with van der Waals surface area (Å²) in [4.78, 5) is 8.85. The van der Waals surface area contributed by atoms with Crippen molar-refractivity contribution in [1.82, 2.24) is 5.32 Å². The first-order valence-corrected chi connectivity index (χ1v) is 7.52. The van der Waals surface area contributed by atoms with Gasteiger partial charge >= 0.3 is 6.80 Å². The first-order valence-electron chi connectivity index (χ1n) is 4.79. The fourth-order valence-corrected chi connectivity index (χ4v) is 2.72. The monoisotopic (exact) mass is 239 g/mol. The van der Waals surface area contributed by atoms with Crippen LogP contribution in [-0.2, 0) is 9.09 Å². The Bertz CT molecular complexity index is 233. The maximum atomic E-state index is 10.8. The van der Waals surface area contributed by atoms with E-state index in [9.17, 15) is 4.57 Å². The zero-order valence-electron chi connectivity index (χ0n) is 8.51. The molecule has 0 radical (unpaired) electrons. The lowest BCUT2D eigenvalue weighted by Crippen LogP contribution is -2.27. The minimum absolute atomic E-state index is 0.333. The number of rotatable bonds is 4. The largest absolute Gasteiger partial charge is 0.383 e. The van der Waals surface area contributed by atoms with E-state index < -0.39 is 6.80 Å². The van der Waals surface area contributed by atoms with Crippen molar-refractivity contribution in [2.24, 2.45) is 11.8 Å². The van der Waals surface area contributed by atoms with Crippen LogP contribution in [0.15, 0.2) is 0 Å². The third-order valence-electron chi connectivity index (χ3n) is 2.83. The van der Waals surface area contributed by atoms with Crippen molar-refractivity contribution in [2.45, 2.75) is 25.8 Å². The van der Waals surface area contributed by atoms with Crippen molar-refractivity contribution in [2.75, 3.05) is 13.7 Å². The Morgan fingerprint density at radius 2 is 2.29 bits per heavy atom. The Morgan fingerprint density at radius 3 is 2.71 bits per heavy atom. The molecule has 0 aromatic carbocycles. The van der Waals surface area contributed by atoms with E-state index in [1.165, 1.54) is 0 Å². The summed E-state index contributed by atoms with van der Waals surface area (Å²) in [5.41, 5.74) is 0. The minimum Gasteiger partial charge on any atom is -0.317 e. The molecule has 1 aliphatic rings. The first kappa shape index (κ1) is 12.5. The quantitative estimate of drug-likeness (QED) is 0.516. The Labute approximate surface area is 90.1 Å². The Balaban J connectivity index is 2.32. The molecule has 4 atom stereocenters. The molecule has 0 aromatic heterocycles. The second-order valence-electron chi connectivity index (χ2n) is 4.00. The molecule has 1 unspecified atom stereocenters. The van der Waals surface area contributed by atoms with Crippen LogP contribution in [-0.4, -0.2) is 24.6 Å². The Morgan fingerprint density at radius 1 is 1.64 bits per heavy atom. The van der Waals surface area contributed by atoms with Gasteiger partial charge in [-0.1, -0.05) is 19.2 Å². The summed E-state index contributed by atoms with van der Waals surface area (Å²) in [6.07, 6.45) is 2.05. The zero-order valence-corrected chi connectivity index (χ0v) is 10.3. The molecule has 0 aliphatic heterocycles. The van der Waals surface area contributed by atoms with Crippen molar-refractivity contribution in [3.05, 3.63) is 0 Å². The van der Waals surface area contributed by atoms with Gasteiger partial charge in [0.15, 0.2) is 0 Å². The normalized spacial score (nSPS) is 37.0. The molecule has 84 valence electrons. The highest BCUT2D eigenvalue weighted by molar-refractivity contribution is 8.44. The lowest BCUT2D eigenvalue weighted by Gasteiger charge is -2.13. The van der Waals surface area contributed by atoms with Crippen molar-refractivity contribution in [3.8, 4) is 0 Å². The highest BCUT2D eigenvalue weighted by Gasteiger charge is 2.31. The maximum absolute atomic E-state index is 10.8. The predicted octanol–water partition coefficient (Wildman–Crippen LogP) is 1.67. The third-order valence-corrected chi connectivity index (χ3v) is 3.66. The van der Waals surface area contributed by atoms with Crippen LogP contribution in [0.25, 0.3) is 0 Å². The molecule has 4 nitrogen and oxygen atoms in total. The molecule has 1 aliphatic carbocycles.